The van der Waals surface area contributed by atoms with Gasteiger partial charge in [0.25, 0.3) is 5.91 Å². The predicted molar refractivity (Wildman–Crippen MR) is 117 cm³/mol. The number of aromatic nitrogens is 2. The van der Waals surface area contributed by atoms with Gasteiger partial charge in [-0.25, -0.2) is 9.99 Å². The van der Waals surface area contributed by atoms with Crippen LogP contribution in [0.3, 0.4) is 0 Å². The van der Waals surface area contributed by atoms with Crippen molar-refractivity contribution in [3.8, 4) is 17.1 Å². The van der Waals surface area contributed by atoms with E-state index in [0.717, 1.165) is 25.3 Å². The van der Waals surface area contributed by atoms with Gasteiger partial charge in [-0.1, -0.05) is 29.6 Å². The molecular weight excluding hydrogens is 464 g/mol. The molecule has 3 aromatic rings. The molecule has 168 valence electrons. The number of carbonyl (C=O) groups excluding carboxylic acids is 1. The normalized spacial score (nSPS) is 15.0. The Balaban J connectivity index is 1.81. The van der Waals surface area contributed by atoms with E-state index in [1.165, 1.54) is 22.9 Å². The highest BCUT2D eigenvalue weighted by molar-refractivity contribution is 6.31. The van der Waals surface area contributed by atoms with Crippen molar-refractivity contribution < 1.29 is 18.0 Å². The molecule has 4 rings (SSSR count). The molecular formula is C22H19Cl2F3N4O. The van der Waals surface area contributed by atoms with Gasteiger partial charge in [0.05, 0.1) is 5.56 Å². The molecule has 1 fully saturated rings. The first-order chi connectivity index (χ1) is 15.2. The first-order valence-electron chi connectivity index (χ1n) is 10.0. The van der Waals surface area contributed by atoms with E-state index >= 15 is 0 Å². The fourth-order valence-corrected chi connectivity index (χ4v) is 3.93. The molecule has 1 saturated heterocycles. The van der Waals surface area contributed by atoms with Gasteiger partial charge in [0.15, 0.2) is 0 Å². The summed E-state index contributed by atoms with van der Waals surface area (Å²) in [5, 5.41) is 2.23. The molecule has 1 aliphatic rings. The van der Waals surface area contributed by atoms with Crippen LogP contribution < -0.4 is 5.43 Å². The van der Waals surface area contributed by atoms with Gasteiger partial charge in [0, 0.05) is 40.6 Å². The second kappa shape index (κ2) is 9.13. The number of piperidine rings is 1. The lowest BCUT2D eigenvalue weighted by Gasteiger charge is -2.26. The van der Waals surface area contributed by atoms with Crippen molar-refractivity contribution in [3.63, 3.8) is 0 Å². The zero-order valence-electron chi connectivity index (χ0n) is 16.8. The summed E-state index contributed by atoms with van der Waals surface area (Å²) < 4.78 is 42.8. The van der Waals surface area contributed by atoms with Crippen molar-refractivity contribution in [2.75, 3.05) is 13.1 Å². The minimum absolute atomic E-state index is 0.00333. The van der Waals surface area contributed by atoms with Crippen LogP contribution in [0, 0.1) is 0 Å². The van der Waals surface area contributed by atoms with E-state index in [0.29, 0.717) is 23.8 Å². The molecule has 0 unspecified atom stereocenters. The molecule has 1 aromatic heterocycles. The van der Waals surface area contributed by atoms with Crippen molar-refractivity contribution in [2.45, 2.75) is 25.4 Å². The Labute approximate surface area is 192 Å². The average molecular weight is 483 g/mol. The number of carbonyl (C=O) groups is 1. The number of hydrogen-bond acceptors (Lipinski definition) is 3. The molecule has 0 saturated carbocycles. The van der Waals surface area contributed by atoms with Gasteiger partial charge in [-0.05, 0) is 55.3 Å². The van der Waals surface area contributed by atoms with Gasteiger partial charge in [0.1, 0.15) is 11.5 Å². The van der Waals surface area contributed by atoms with Crippen LogP contribution in [0.25, 0.3) is 17.1 Å². The lowest BCUT2D eigenvalue weighted by Crippen LogP contribution is -2.45. The van der Waals surface area contributed by atoms with Crippen LogP contribution >= 0.6 is 23.2 Å². The number of amides is 1. The maximum atomic E-state index is 13.8. The molecule has 32 heavy (non-hydrogen) atoms. The first-order valence-corrected chi connectivity index (χ1v) is 10.8. The molecule has 1 amide bonds. The van der Waals surface area contributed by atoms with Gasteiger partial charge in [0.2, 0.25) is 0 Å². The molecule has 2 heterocycles. The summed E-state index contributed by atoms with van der Waals surface area (Å²) in [5.74, 6) is -0.511. The third-order valence-corrected chi connectivity index (χ3v) is 5.67. The Morgan fingerprint density at radius 3 is 2.28 bits per heavy atom. The van der Waals surface area contributed by atoms with Crippen LogP contribution in [-0.2, 0) is 6.18 Å². The molecule has 5 nitrogen and oxygen atoms in total. The largest absolute Gasteiger partial charge is 0.417 e. The van der Waals surface area contributed by atoms with Gasteiger partial charge >= 0.3 is 6.18 Å². The Kier molecular flexibility index (Phi) is 6.46. The molecule has 0 atom stereocenters. The van der Waals surface area contributed by atoms with Crippen LogP contribution in [0.1, 0.15) is 35.3 Å². The van der Waals surface area contributed by atoms with Crippen LogP contribution in [0.4, 0.5) is 13.2 Å². The Morgan fingerprint density at radius 2 is 1.62 bits per heavy atom. The zero-order valence-corrected chi connectivity index (χ0v) is 18.3. The second-order valence-corrected chi connectivity index (χ2v) is 8.35. The monoisotopic (exact) mass is 482 g/mol. The number of imidazole rings is 1. The molecule has 1 aliphatic heterocycles. The van der Waals surface area contributed by atoms with Gasteiger partial charge in [-0.2, -0.15) is 13.2 Å². The first kappa shape index (κ1) is 22.6. The average Bonchev–Trinajstić information content (AvgIpc) is 3.20. The van der Waals surface area contributed by atoms with Crippen molar-refractivity contribution in [2.24, 2.45) is 0 Å². The number of nitrogens with one attached hydrogen (secondary N) is 1. The SMILES string of the molecule is O=C(NN1CCCCC1)c1cn(-c2ccc(Cl)cc2)c(-c2ccc(Cl)cc2C(F)(F)F)n1. The number of nitrogens with zero attached hydrogens (tertiary/aromatic N) is 3. The van der Waals surface area contributed by atoms with E-state index in [4.69, 9.17) is 23.2 Å². The smallest absolute Gasteiger partial charge is 0.299 e. The number of benzene rings is 2. The third-order valence-electron chi connectivity index (χ3n) is 5.19. The molecule has 10 heteroatoms. The molecule has 0 bridgehead atoms. The molecule has 2 aromatic carbocycles. The lowest BCUT2D eigenvalue weighted by atomic mass is 10.1. The van der Waals surface area contributed by atoms with Crippen molar-refractivity contribution >= 4 is 29.1 Å². The number of halogens is 5. The van der Waals surface area contributed by atoms with Crippen molar-refractivity contribution in [1.29, 1.82) is 0 Å². The highest BCUT2D eigenvalue weighted by Gasteiger charge is 2.35. The molecule has 1 N–H and O–H groups in total. The zero-order chi connectivity index (χ0) is 22.9. The minimum atomic E-state index is -4.66. The van der Waals surface area contributed by atoms with Crippen LogP contribution in [0.15, 0.2) is 48.7 Å². The van der Waals surface area contributed by atoms with Crippen LogP contribution in [-0.4, -0.2) is 33.6 Å². The summed E-state index contributed by atoms with van der Waals surface area (Å²) in [6.45, 7) is 1.43. The highest BCUT2D eigenvalue weighted by Crippen LogP contribution is 2.39. The summed E-state index contributed by atoms with van der Waals surface area (Å²) in [5.41, 5.74) is 2.19. The summed E-state index contributed by atoms with van der Waals surface area (Å²) in [7, 11) is 0. The minimum Gasteiger partial charge on any atom is -0.299 e. The topological polar surface area (TPSA) is 50.2 Å². The Hall–Kier alpha value is -2.55. The Morgan fingerprint density at radius 1 is 0.969 bits per heavy atom. The van der Waals surface area contributed by atoms with Crippen molar-refractivity contribution in [3.05, 3.63) is 70.0 Å². The summed E-state index contributed by atoms with van der Waals surface area (Å²) in [6.07, 6.45) is -0.215. The summed E-state index contributed by atoms with van der Waals surface area (Å²) in [4.78, 5) is 17.1. The predicted octanol–water partition coefficient (Wildman–Crippen LogP) is 6.00. The van der Waals surface area contributed by atoms with E-state index < -0.39 is 17.6 Å². The maximum Gasteiger partial charge on any atom is 0.417 e. The highest BCUT2D eigenvalue weighted by atomic mass is 35.5. The molecule has 0 aliphatic carbocycles. The van der Waals surface area contributed by atoms with Crippen LogP contribution in [0.5, 0.6) is 0 Å². The summed E-state index contributed by atoms with van der Waals surface area (Å²) in [6, 6.07) is 9.98. The maximum absolute atomic E-state index is 13.8. The van der Waals surface area contributed by atoms with Gasteiger partial charge in [-0.3, -0.25) is 14.8 Å². The third kappa shape index (κ3) is 4.92. The fourth-order valence-electron chi connectivity index (χ4n) is 3.63. The Bertz CT molecular complexity index is 1120. The molecule has 0 radical (unpaired) electrons. The quantitative estimate of drug-likeness (QED) is 0.496. The van der Waals surface area contributed by atoms with E-state index in [-0.39, 0.29) is 22.1 Å². The van der Waals surface area contributed by atoms with Gasteiger partial charge < -0.3 is 0 Å². The number of hydrazine groups is 1. The van der Waals surface area contributed by atoms with E-state index in [1.54, 1.807) is 29.3 Å². The van der Waals surface area contributed by atoms with E-state index in [1.807, 2.05) is 0 Å². The molecule has 0 spiro atoms. The number of rotatable bonds is 4. The van der Waals surface area contributed by atoms with Gasteiger partial charge in [-0.15, -0.1) is 0 Å². The number of alkyl halides is 3. The van der Waals surface area contributed by atoms with E-state index in [9.17, 15) is 18.0 Å². The van der Waals surface area contributed by atoms with Crippen LogP contribution in [0.2, 0.25) is 10.0 Å². The number of hydrogen-bond donors (Lipinski definition) is 1. The van der Waals surface area contributed by atoms with Crippen molar-refractivity contribution in [1.82, 2.24) is 20.0 Å². The fraction of sp³-hybridized carbons (Fsp3) is 0.273. The second-order valence-electron chi connectivity index (χ2n) is 7.47. The standard InChI is InChI=1S/C22H19Cl2F3N4O/c23-14-4-7-16(8-5-14)31-13-19(21(32)29-30-10-2-1-3-11-30)28-20(31)17-9-6-15(24)12-18(17)22(25,26)27/h4-9,12-13H,1-3,10-11H2,(H,29,32). The lowest BCUT2D eigenvalue weighted by molar-refractivity contribution is -0.137. The summed E-state index contributed by atoms with van der Waals surface area (Å²) >= 11 is 11.8. The van der Waals surface area contributed by atoms with E-state index in [2.05, 4.69) is 10.4 Å².